The van der Waals surface area contributed by atoms with Crippen LogP contribution in [-0.4, -0.2) is 24.6 Å². The molecule has 2 aromatic carbocycles. The van der Waals surface area contributed by atoms with Gasteiger partial charge in [-0.2, -0.15) is 0 Å². The minimum atomic E-state index is -3.26. The fourth-order valence-electron chi connectivity index (χ4n) is 2.00. The molecule has 0 amide bonds. The van der Waals surface area contributed by atoms with Crippen molar-refractivity contribution < 1.29 is 8.42 Å². The van der Waals surface area contributed by atoms with E-state index in [2.05, 4.69) is 9.97 Å². The van der Waals surface area contributed by atoms with E-state index in [4.69, 9.17) is 11.6 Å². The highest BCUT2D eigenvalue weighted by molar-refractivity contribution is 7.90. The number of halogens is 1. The summed E-state index contributed by atoms with van der Waals surface area (Å²) in [6, 6.07) is 12.3. The Hall–Kier alpha value is -1.85. The van der Waals surface area contributed by atoms with Gasteiger partial charge in [0.1, 0.15) is 5.82 Å². The highest BCUT2D eigenvalue weighted by atomic mass is 35.5. The molecule has 3 aromatic rings. The Labute approximate surface area is 121 Å². The van der Waals surface area contributed by atoms with Gasteiger partial charge in [-0.05, 0) is 30.3 Å². The molecule has 1 aromatic heterocycles. The lowest BCUT2D eigenvalue weighted by Crippen LogP contribution is -1.97. The summed E-state index contributed by atoms with van der Waals surface area (Å²) in [5.41, 5.74) is 2.42. The molecule has 0 aliphatic rings. The van der Waals surface area contributed by atoms with Gasteiger partial charge in [0.2, 0.25) is 0 Å². The van der Waals surface area contributed by atoms with Gasteiger partial charge in [-0.25, -0.2) is 13.4 Å². The van der Waals surface area contributed by atoms with E-state index in [1.165, 1.54) is 12.1 Å². The SMILES string of the molecule is CS(=O)(=O)c1ccc(-c2nc3ccccc3[nH]2)c(Cl)c1. The maximum atomic E-state index is 11.5. The highest BCUT2D eigenvalue weighted by Crippen LogP contribution is 2.29. The fourth-order valence-corrected chi connectivity index (χ4v) is 2.98. The molecule has 0 unspecified atom stereocenters. The van der Waals surface area contributed by atoms with Gasteiger partial charge in [0, 0.05) is 11.8 Å². The van der Waals surface area contributed by atoms with Crippen molar-refractivity contribution in [1.82, 2.24) is 9.97 Å². The van der Waals surface area contributed by atoms with Crippen molar-refractivity contribution in [3.63, 3.8) is 0 Å². The van der Waals surface area contributed by atoms with Crippen molar-refractivity contribution in [3.05, 3.63) is 47.5 Å². The first kappa shape index (κ1) is 13.1. The lowest BCUT2D eigenvalue weighted by molar-refractivity contribution is 0.602. The Balaban J connectivity index is 2.15. The molecule has 0 fully saturated rings. The van der Waals surface area contributed by atoms with Crippen LogP contribution in [0.15, 0.2) is 47.4 Å². The first-order valence-corrected chi connectivity index (χ1v) is 8.17. The van der Waals surface area contributed by atoms with Crippen molar-refractivity contribution in [2.45, 2.75) is 4.90 Å². The van der Waals surface area contributed by atoms with Crippen LogP contribution < -0.4 is 0 Å². The number of rotatable bonds is 2. The van der Waals surface area contributed by atoms with Crippen LogP contribution in [0.5, 0.6) is 0 Å². The predicted molar refractivity (Wildman–Crippen MR) is 79.6 cm³/mol. The quantitative estimate of drug-likeness (QED) is 0.790. The minimum absolute atomic E-state index is 0.197. The van der Waals surface area contributed by atoms with Crippen LogP contribution >= 0.6 is 11.6 Å². The fraction of sp³-hybridized carbons (Fsp3) is 0.0714. The van der Waals surface area contributed by atoms with Crippen LogP contribution in [0, 0.1) is 0 Å². The van der Waals surface area contributed by atoms with Gasteiger partial charge >= 0.3 is 0 Å². The summed E-state index contributed by atoms with van der Waals surface area (Å²) in [5.74, 6) is 0.622. The molecule has 0 radical (unpaired) electrons. The second-order valence-electron chi connectivity index (χ2n) is 4.52. The Morgan fingerprint density at radius 1 is 1.15 bits per heavy atom. The van der Waals surface area contributed by atoms with Crippen molar-refractivity contribution >= 4 is 32.5 Å². The molecule has 0 aliphatic heterocycles. The Morgan fingerprint density at radius 2 is 1.90 bits per heavy atom. The van der Waals surface area contributed by atoms with E-state index >= 15 is 0 Å². The summed E-state index contributed by atoms with van der Waals surface area (Å²) in [7, 11) is -3.26. The number of aromatic nitrogens is 2. The monoisotopic (exact) mass is 306 g/mol. The van der Waals surface area contributed by atoms with Gasteiger partial charge in [0.25, 0.3) is 0 Å². The lowest BCUT2D eigenvalue weighted by Gasteiger charge is -2.03. The van der Waals surface area contributed by atoms with Crippen LogP contribution in [0.3, 0.4) is 0 Å². The number of para-hydroxylation sites is 2. The smallest absolute Gasteiger partial charge is 0.175 e. The molecule has 0 saturated carbocycles. The third-order valence-corrected chi connectivity index (χ3v) is 4.44. The van der Waals surface area contributed by atoms with Gasteiger partial charge < -0.3 is 4.98 Å². The molecule has 102 valence electrons. The first-order chi connectivity index (χ1) is 9.45. The molecule has 1 N–H and O–H groups in total. The lowest BCUT2D eigenvalue weighted by atomic mass is 10.2. The number of nitrogens with one attached hydrogen (secondary N) is 1. The Kier molecular flexibility index (Phi) is 3.03. The Bertz CT molecular complexity index is 867. The summed E-state index contributed by atoms with van der Waals surface area (Å²) in [6.07, 6.45) is 1.15. The van der Waals surface area contributed by atoms with E-state index in [-0.39, 0.29) is 4.90 Å². The molecule has 4 nitrogen and oxygen atoms in total. The van der Waals surface area contributed by atoms with Crippen molar-refractivity contribution in [2.24, 2.45) is 0 Å². The van der Waals surface area contributed by atoms with Crippen LogP contribution in [0.25, 0.3) is 22.4 Å². The zero-order valence-electron chi connectivity index (χ0n) is 10.6. The molecule has 1 heterocycles. The van der Waals surface area contributed by atoms with Gasteiger partial charge in [-0.1, -0.05) is 23.7 Å². The number of hydrogen-bond donors (Lipinski definition) is 1. The highest BCUT2D eigenvalue weighted by Gasteiger charge is 2.13. The maximum absolute atomic E-state index is 11.5. The number of benzene rings is 2. The molecule has 20 heavy (non-hydrogen) atoms. The zero-order valence-corrected chi connectivity index (χ0v) is 12.2. The van der Waals surface area contributed by atoms with E-state index in [0.29, 0.717) is 16.4 Å². The van der Waals surface area contributed by atoms with Gasteiger partial charge in [0.15, 0.2) is 9.84 Å². The topological polar surface area (TPSA) is 62.8 Å². The molecule has 0 saturated heterocycles. The van der Waals surface area contributed by atoms with Crippen LogP contribution in [0.1, 0.15) is 0 Å². The van der Waals surface area contributed by atoms with E-state index in [1.54, 1.807) is 6.07 Å². The number of sulfone groups is 1. The largest absolute Gasteiger partial charge is 0.338 e. The van der Waals surface area contributed by atoms with E-state index < -0.39 is 9.84 Å². The van der Waals surface area contributed by atoms with Crippen molar-refractivity contribution in [1.29, 1.82) is 0 Å². The van der Waals surface area contributed by atoms with E-state index in [1.807, 2.05) is 24.3 Å². The summed E-state index contributed by atoms with van der Waals surface area (Å²) in [5, 5.41) is 0.354. The summed E-state index contributed by atoms with van der Waals surface area (Å²) in [4.78, 5) is 7.81. The molecule has 0 spiro atoms. The average molecular weight is 307 g/mol. The number of fused-ring (bicyclic) bond motifs is 1. The van der Waals surface area contributed by atoms with Crippen LogP contribution in [0.4, 0.5) is 0 Å². The summed E-state index contributed by atoms with van der Waals surface area (Å²) in [6.45, 7) is 0. The van der Waals surface area contributed by atoms with Crippen LogP contribution in [0.2, 0.25) is 5.02 Å². The second-order valence-corrected chi connectivity index (χ2v) is 6.94. The predicted octanol–water partition coefficient (Wildman–Crippen LogP) is 3.29. The summed E-state index contributed by atoms with van der Waals surface area (Å²) < 4.78 is 23.0. The number of aromatic amines is 1. The third-order valence-electron chi connectivity index (χ3n) is 3.01. The number of hydrogen-bond acceptors (Lipinski definition) is 3. The summed E-state index contributed by atoms with van der Waals surface area (Å²) >= 11 is 6.17. The van der Waals surface area contributed by atoms with Gasteiger partial charge in [-0.15, -0.1) is 0 Å². The molecular weight excluding hydrogens is 296 g/mol. The number of nitrogens with zero attached hydrogens (tertiary/aromatic N) is 1. The van der Waals surface area contributed by atoms with Gasteiger partial charge in [-0.3, -0.25) is 0 Å². The molecule has 0 bridgehead atoms. The van der Waals surface area contributed by atoms with Gasteiger partial charge in [0.05, 0.1) is 21.0 Å². The van der Waals surface area contributed by atoms with E-state index in [9.17, 15) is 8.42 Å². The standard InChI is InChI=1S/C14H11ClN2O2S/c1-20(18,19)9-6-7-10(11(15)8-9)14-16-12-4-2-3-5-13(12)17-14/h2-8H,1H3,(H,16,17). The molecular formula is C14H11ClN2O2S. The van der Waals surface area contributed by atoms with E-state index in [0.717, 1.165) is 17.3 Å². The first-order valence-electron chi connectivity index (χ1n) is 5.90. The number of H-pyrrole nitrogens is 1. The van der Waals surface area contributed by atoms with Crippen LogP contribution in [-0.2, 0) is 9.84 Å². The maximum Gasteiger partial charge on any atom is 0.175 e. The van der Waals surface area contributed by atoms with Crippen molar-refractivity contribution in [2.75, 3.05) is 6.26 Å². The number of imidazole rings is 1. The second kappa shape index (κ2) is 4.61. The molecule has 0 aliphatic carbocycles. The zero-order chi connectivity index (χ0) is 14.3. The average Bonchev–Trinajstić information content (AvgIpc) is 2.80. The molecule has 6 heteroatoms. The Morgan fingerprint density at radius 3 is 2.55 bits per heavy atom. The third kappa shape index (κ3) is 2.30. The normalized spacial score (nSPS) is 11.9. The minimum Gasteiger partial charge on any atom is -0.338 e. The molecule has 0 atom stereocenters. The van der Waals surface area contributed by atoms with Crippen molar-refractivity contribution in [3.8, 4) is 11.4 Å². The molecule has 3 rings (SSSR count).